The summed E-state index contributed by atoms with van der Waals surface area (Å²) in [7, 11) is 0. The maximum atomic E-state index is 13.3. The molecule has 0 N–H and O–H groups in total. The monoisotopic (exact) mass is 402 g/mol. The number of amides is 2. The summed E-state index contributed by atoms with van der Waals surface area (Å²) in [6.07, 6.45) is 0.596. The van der Waals surface area contributed by atoms with E-state index in [-0.39, 0.29) is 29.7 Å². The summed E-state index contributed by atoms with van der Waals surface area (Å²) in [4.78, 5) is 29.5. The number of hydrogen-bond donors (Lipinski definition) is 0. The third kappa shape index (κ3) is 3.59. The predicted octanol–water partition coefficient (Wildman–Crippen LogP) is 5.36. The first-order valence-electron chi connectivity index (χ1n) is 10.00. The summed E-state index contributed by atoms with van der Waals surface area (Å²) in [6, 6.07) is 22.5. The van der Waals surface area contributed by atoms with Crippen molar-refractivity contribution in [1.82, 2.24) is 0 Å². The predicted molar refractivity (Wildman–Crippen MR) is 116 cm³/mol. The molecule has 3 aromatic carbocycles. The fourth-order valence-electron chi connectivity index (χ4n) is 4.24. The smallest absolute Gasteiger partial charge is 0.258 e. The Morgan fingerprint density at radius 1 is 0.933 bits per heavy atom. The van der Waals surface area contributed by atoms with Crippen molar-refractivity contribution in [2.45, 2.75) is 32.4 Å². The van der Waals surface area contributed by atoms with Gasteiger partial charge in [-0.25, -0.2) is 4.39 Å². The molecular formula is C25H23FN2O2. The summed E-state index contributed by atoms with van der Waals surface area (Å²) in [5.41, 5.74) is 2.96. The minimum Gasteiger partial charge on any atom is -0.305 e. The van der Waals surface area contributed by atoms with Gasteiger partial charge in [0.2, 0.25) is 5.91 Å². The molecular weight excluding hydrogens is 379 g/mol. The van der Waals surface area contributed by atoms with Crippen molar-refractivity contribution in [3.8, 4) is 0 Å². The number of fused-ring (bicyclic) bond motifs is 1. The quantitative estimate of drug-likeness (QED) is 0.592. The van der Waals surface area contributed by atoms with Crippen LogP contribution in [0.4, 0.5) is 15.8 Å². The summed E-state index contributed by atoms with van der Waals surface area (Å²) < 4.78 is 13.3. The van der Waals surface area contributed by atoms with Gasteiger partial charge in [0.1, 0.15) is 5.82 Å². The molecule has 1 aliphatic heterocycles. The van der Waals surface area contributed by atoms with Crippen molar-refractivity contribution in [2.75, 3.05) is 9.80 Å². The summed E-state index contributed by atoms with van der Waals surface area (Å²) >= 11 is 0. The lowest BCUT2D eigenvalue weighted by molar-refractivity contribution is -0.117. The van der Waals surface area contributed by atoms with E-state index in [1.807, 2.05) is 61.5 Å². The molecule has 30 heavy (non-hydrogen) atoms. The van der Waals surface area contributed by atoms with E-state index in [0.29, 0.717) is 12.0 Å². The second-order valence-electron chi connectivity index (χ2n) is 7.57. The minimum atomic E-state index is -0.376. The van der Waals surface area contributed by atoms with E-state index in [1.165, 1.54) is 24.3 Å². The van der Waals surface area contributed by atoms with Crippen molar-refractivity contribution >= 4 is 23.2 Å². The van der Waals surface area contributed by atoms with Gasteiger partial charge in [-0.05, 0) is 61.4 Å². The van der Waals surface area contributed by atoms with Crippen molar-refractivity contribution < 1.29 is 14.0 Å². The molecule has 4 nitrogen and oxygen atoms in total. The molecule has 0 aliphatic carbocycles. The van der Waals surface area contributed by atoms with E-state index in [0.717, 1.165) is 16.9 Å². The Bertz CT molecular complexity index is 1070. The van der Waals surface area contributed by atoms with E-state index in [9.17, 15) is 14.0 Å². The van der Waals surface area contributed by atoms with E-state index in [1.54, 1.807) is 16.7 Å². The van der Waals surface area contributed by atoms with Crippen LogP contribution in [0.2, 0.25) is 0 Å². The highest BCUT2D eigenvalue weighted by atomic mass is 19.1. The Morgan fingerprint density at radius 2 is 1.57 bits per heavy atom. The Kier molecular flexibility index (Phi) is 5.36. The van der Waals surface area contributed by atoms with Crippen molar-refractivity contribution in [3.63, 3.8) is 0 Å². The Labute approximate surface area is 175 Å². The number of carbonyl (C=O) groups excluding carboxylic acids is 2. The van der Waals surface area contributed by atoms with Gasteiger partial charge in [0.05, 0.1) is 6.04 Å². The van der Waals surface area contributed by atoms with E-state index in [4.69, 9.17) is 0 Å². The molecule has 152 valence electrons. The fourth-order valence-corrected chi connectivity index (χ4v) is 4.24. The van der Waals surface area contributed by atoms with Gasteiger partial charge in [-0.3, -0.25) is 9.59 Å². The highest BCUT2D eigenvalue weighted by Gasteiger charge is 2.38. The summed E-state index contributed by atoms with van der Waals surface area (Å²) in [5.74, 6) is -0.604. The Morgan fingerprint density at radius 3 is 2.23 bits per heavy atom. The minimum absolute atomic E-state index is 0.0495. The molecule has 4 rings (SSSR count). The molecule has 0 fully saturated rings. The number of benzene rings is 3. The van der Waals surface area contributed by atoms with Gasteiger partial charge < -0.3 is 9.80 Å². The highest BCUT2D eigenvalue weighted by Crippen LogP contribution is 2.42. The van der Waals surface area contributed by atoms with E-state index >= 15 is 0 Å². The number of hydrogen-bond acceptors (Lipinski definition) is 2. The molecule has 0 saturated carbocycles. The van der Waals surface area contributed by atoms with Gasteiger partial charge in [0.15, 0.2) is 0 Å². The average Bonchev–Trinajstić information content (AvgIpc) is 2.74. The first kappa shape index (κ1) is 19.8. The molecule has 2 amide bonds. The van der Waals surface area contributed by atoms with Crippen molar-refractivity contribution in [3.05, 3.63) is 95.8 Å². The lowest BCUT2D eigenvalue weighted by Crippen LogP contribution is -2.47. The van der Waals surface area contributed by atoms with Crippen LogP contribution >= 0.6 is 0 Å². The van der Waals surface area contributed by atoms with Crippen LogP contribution in [0.15, 0.2) is 78.9 Å². The third-order valence-electron chi connectivity index (χ3n) is 5.56. The largest absolute Gasteiger partial charge is 0.305 e. The zero-order valence-electron chi connectivity index (χ0n) is 17.0. The molecule has 1 heterocycles. The highest BCUT2D eigenvalue weighted by molar-refractivity contribution is 6.07. The van der Waals surface area contributed by atoms with Gasteiger partial charge in [0, 0.05) is 29.9 Å². The first-order chi connectivity index (χ1) is 14.5. The molecule has 0 spiro atoms. The molecule has 1 unspecified atom stereocenters. The van der Waals surface area contributed by atoms with E-state index in [2.05, 4.69) is 0 Å². The second-order valence-corrected chi connectivity index (χ2v) is 7.57. The second kappa shape index (κ2) is 8.11. The van der Waals surface area contributed by atoms with Gasteiger partial charge in [-0.15, -0.1) is 0 Å². The number of nitrogens with zero attached hydrogens (tertiary/aromatic N) is 2. The Balaban J connectivity index is 1.77. The lowest BCUT2D eigenvalue weighted by Gasteiger charge is -2.43. The first-order valence-corrected chi connectivity index (χ1v) is 10.00. The van der Waals surface area contributed by atoms with Gasteiger partial charge in [-0.2, -0.15) is 0 Å². The third-order valence-corrected chi connectivity index (χ3v) is 5.56. The van der Waals surface area contributed by atoms with Crippen LogP contribution < -0.4 is 9.80 Å². The number of anilines is 2. The zero-order valence-corrected chi connectivity index (χ0v) is 17.0. The number of rotatable bonds is 3. The normalized spacial score (nSPS) is 17.9. The zero-order chi connectivity index (χ0) is 21.3. The van der Waals surface area contributed by atoms with Crippen molar-refractivity contribution in [2.24, 2.45) is 0 Å². The number of halogens is 1. The van der Waals surface area contributed by atoms with Crippen LogP contribution in [0.3, 0.4) is 0 Å². The maximum Gasteiger partial charge on any atom is 0.258 e. The van der Waals surface area contributed by atoms with Crippen LogP contribution in [-0.4, -0.2) is 17.9 Å². The van der Waals surface area contributed by atoms with Crippen molar-refractivity contribution in [1.29, 1.82) is 0 Å². The maximum absolute atomic E-state index is 13.3. The molecule has 0 aromatic heterocycles. The van der Waals surface area contributed by atoms with Gasteiger partial charge in [-0.1, -0.05) is 36.4 Å². The van der Waals surface area contributed by atoms with Crippen LogP contribution in [0.1, 0.15) is 42.2 Å². The summed E-state index contributed by atoms with van der Waals surface area (Å²) in [5, 5.41) is 0. The van der Waals surface area contributed by atoms with Crippen LogP contribution in [0, 0.1) is 5.82 Å². The molecule has 5 heteroatoms. The van der Waals surface area contributed by atoms with Gasteiger partial charge >= 0.3 is 0 Å². The average molecular weight is 402 g/mol. The molecule has 0 bridgehead atoms. The Hall–Kier alpha value is -3.47. The molecule has 0 saturated heterocycles. The SMILES string of the molecule is CC(=O)N(c1ccccc1)[C@H]1CC(C)N(C(=O)c2ccc(F)cc2)c2ccccc21. The molecule has 1 aliphatic rings. The van der Waals surface area contributed by atoms with Crippen LogP contribution in [0.5, 0.6) is 0 Å². The molecule has 0 radical (unpaired) electrons. The molecule has 3 aromatic rings. The standard InChI is InChI=1S/C25H23FN2O2/c1-17-16-24(28(18(2)29)21-8-4-3-5-9-21)22-10-6-7-11-23(22)27(17)25(30)19-12-14-20(26)15-13-19/h3-15,17,24H,16H2,1-2H3/t17?,24-/m0/s1. The van der Waals surface area contributed by atoms with Crippen LogP contribution in [-0.2, 0) is 4.79 Å². The lowest BCUT2D eigenvalue weighted by atomic mass is 9.89. The number of para-hydroxylation sites is 2. The van der Waals surface area contributed by atoms with E-state index < -0.39 is 0 Å². The topological polar surface area (TPSA) is 40.6 Å². The number of carbonyl (C=O) groups is 2. The summed E-state index contributed by atoms with van der Waals surface area (Å²) in [6.45, 7) is 3.55. The molecule has 2 atom stereocenters. The van der Waals surface area contributed by atoms with Gasteiger partial charge in [0.25, 0.3) is 5.91 Å². The fraction of sp³-hybridized carbons (Fsp3) is 0.200. The van der Waals surface area contributed by atoms with Crippen LogP contribution in [0.25, 0.3) is 0 Å².